The second-order valence-corrected chi connectivity index (χ2v) is 7.54. The fourth-order valence-electron chi connectivity index (χ4n) is 2.68. The SMILES string of the molecule is NC(=NC(=O)C(NC(=O)c1cccc(Cl)c1)c1ccc(Cl)c(Cl)c1)c1ccccc1. The van der Waals surface area contributed by atoms with Gasteiger partial charge in [-0.1, -0.05) is 77.3 Å². The third-order valence-electron chi connectivity index (χ3n) is 4.19. The van der Waals surface area contributed by atoms with Crippen molar-refractivity contribution in [1.82, 2.24) is 5.32 Å². The first-order chi connectivity index (χ1) is 14.3. The number of nitrogens with one attached hydrogen (secondary N) is 1. The highest BCUT2D eigenvalue weighted by Crippen LogP contribution is 2.27. The Morgan fingerprint density at radius 3 is 2.20 bits per heavy atom. The topological polar surface area (TPSA) is 84.5 Å². The summed E-state index contributed by atoms with van der Waals surface area (Å²) < 4.78 is 0. The zero-order valence-electron chi connectivity index (χ0n) is 15.5. The van der Waals surface area contributed by atoms with Crippen molar-refractivity contribution in [2.75, 3.05) is 0 Å². The lowest BCUT2D eigenvalue weighted by Gasteiger charge is -2.17. The Balaban J connectivity index is 1.95. The zero-order chi connectivity index (χ0) is 21.7. The average molecular weight is 461 g/mol. The first-order valence-corrected chi connectivity index (χ1v) is 9.93. The minimum absolute atomic E-state index is 0.0302. The quantitative estimate of drug-likeness (QED) is 0.413. The number of nitrogens with zero attached hydrogens (tertiary/aromatic N) is 1. The van der Waals surface area contributed by atoms with Gasteiger partial charge in [0.2, 0.25) is 0 Å². The van der Waals surface area contributed by atoms with E-state index in [4.69, 9.17) is 40.5 Å². The van der Waals surface area contributed by atoms with E-state index in [-0.39, 0.29) is 10.9 Å². The van der Waals surface area contributed by atoms with Gasteiger partial charge >= 0.3 is 0 Å². The molecular weight excluding hydrogens is 445 g/mol. The molecule has 0 heterocycles. The summed E-state index contributed by atoms with van der Waals surface area (Å²) in [5.41, 5.74) is 7.27. The summed E-state index contributed by atoms with van der Waals surface area (Å²) in [5, 5.41) is 3.62. The van der Waals surface area contributed by atoms with Crippen LogP contribution in [0.3, 0.4) is 0 Å². The molecule has 3 N–H and O–H groups in total. The molecule has 2 amide bonds. The average Bonchev–Trinajstić information content (AvgIpc) is 2.74. The Morgan fingerprint density at radius 2 is 1.53 bits per heavy atom. The Bertz CT molecular complexity index is 1120. The third-order valence-corrected chi connectivity index (χ3v) is 5.16. The van der Waals surface area contributed by atoms with Crippen molar-refractivity contribution in [3.05, 3.63) is 105 Å². The molecule has 0 bridgehead atoms. The van der Waals surface area contributed by atoms with Gasteiger partial charge in [0.05, 0.1) is 10.0 Å². The summed E-state index contributed by atoms with van der Waals surface area (Å²) in [4.78, 5) is 29.7. The van der Waals surface area contributed by atoms with Gasteiger partial charge in [0.15, 0.2) is 0 Å². The number of rotatable bonds is 5. The van der Waals surface area contributed by atoms with Crippen LogP contribution < -0.4 is 11.1 Å². The largest absolute Gasteiger partial charge is 0.383 e. The van der Waals surface area contributed by atoms with Crippen molar-refractivity contribution in [3.63, 3.8) is 0 Å². The fraction of sp³-hybridized carbons (Fsp3) is 0.0455. The van der Waals surface area contributed by atoms with Crippen molar-refractivity contribution < 1.29 is 9.59 Å². The van der Waals surface area contributed by atoms with E-state index in [1.807, 2.05) is 6.07 Å². The maximum atomic E-state index is 13.0. The first kappa shape index (κ1) is 21.8. The van der Waals surface area contributed by atoms with Gasteiger partial charge in [-0.25, -0.2) is 0 Å². The van der Waals surface area contributed by atoms with Crippen LogP contribution in [-0.2, 0) is 4.79 Å². The standard InChI is InChI=1S/C22H16Cl3N3O2/c23-16-8-4-7-15(11-16)21(29)27-19(14-9-10-17(24)18(25)12-14)22(30)28-20(26)13-5-2-1-3-6-13/h1-12,19H,(H,27,29)(H2,26,28,30). The molecule has 1 atom stereocenters. The predicted octanol–water partition coefficient (Wildman–Crippen LogP) is 5.05. The molecule has 30 heavy (non-hydrogen) atoms. The van der Waals surface area contributed by atoms with E-state index in [1.54, 1.807) is 48.5 Å². The number of nitrogens with two attached hydrogens (primary N) is 1. The Kier molecular flexibility index (Phi) is 7.11. The number of aliphatic imine (C=N–C) groups is 1. The van der Waals surface area contributed by atoms with Crippen molar-refractivity contribution in [1.29, 1.82) is 0 Å². The third kappa shape index (κ3) is 5.39. The van der Waals surface area contributed by atoms with Crippen LogP contribution in [0, 0.1) is 0 Å². The van der Waals surface area contributed by atoms with Gasteiger partial charge in [-0.3, -0.25) is 9.59 Å². The lowest BCUT2D eigenvalue weighted by Crippen LogP contribution is -2.34. The van der Waals surface area contributed by atoms with Crippen LogP contribution in [0.1, 0.15) is 27.5 Å². The number of hydrogen-bond acceptors (Lipinski definition) is 2. The second-order valence-electron chi connectivity index (χ2n) is 6.29. The molecule has 3 rings (SSSR count). The molecule has 0 spiro atoms. The van der Waals surface area contributed by atoms with Gasteiger partial charge in [0.1, 0.15) is 11.9 Å². The van der Waals surface area contributed by atoms with Crippen LogP contribution in [0.2, 0.25) is 15.1 Å². The highest BCUT2D eigenvalue weighted by atomic mass is 35.5. The Morgan fingerprint density at radius 1 is 0.833 bits per heavy atom. The molecule has 0 aliphatic rings. The lowest BCUT2D eigenvalue weighted by molar-refractivity contribution is -0.119. The highest BCUT2D eigenvalue weighted by molar-refractivity contribution is 6.42. The van der Waals surface area contributed by atoms with Crippen LogP contribution in [-0.4, -0.2) is 17.6 Å². The number of hydrogen-bond donors (Lipinski definition) is 2. The van der Waals surface area contributed by atoms with Crippen LogP contribution in [0.5, 0.6) is 0 Å². The summed E-state index contributed by atoms with van der Waals surface area (Å²) >= 11 is 18.0. The molecule has 0 fully saturated rings. The summed E-state index contributed by atoms with van der Waals surface area (Å²) in [6, 6.07) is 18.7. The van der Waals surface area contributed by atoms with Crippen LogP contribution in [0.4, 0.5) is 0 Å². The normalized spacial score (nSPS) is 12.3. The van der Waals surface area contributed by atoms with Crippen molar-refractivity contribution in [3.8, 4) is 0 Å². The molecule has 0 saturated heterocycles. The van der Waals surface area contributed by atoms with Crippen LogP contribution in [0.15, 0.2) is 77.8 Å². The second kappa shape index (κ2) is 9.76. The minimum atomic E-state index is -1.13. The zero-order valence-corrected chi connectivity index (χ0v) is 17.7. The van der Waals surface area contributed by atoms with Gasteiger partial charge in [-0.15, -0.1) is 0 Å². The van der Waals surface area contributed by atoms with Gasteiger partial charge in [0, 0.05) is 16.1 Å². The smallest absolute Gasteiger partial charge is 0.274 e. The summed E-state index contributed by atoms with van der Waals surface area (Å²) in [6.07, 6.45) is 0. The van der Waals surface area contributed by atoms with Crippen molar-refractivity contribution in [2.45, 2.75) is 6.04 Å². The van der Waals surface area contributed by atoms with E-state index in [0.29, 0.717) is 26.7 Å². The monoisotopic (exact) mass is 459 g/mol. The van der Waals surface area contributed by atoms with E-state index in [1.165, 1.54) is 18.2 Å². The molecule has 5 nitrogen and oxygen atoms in total. The molecule has 0 aliphatic carbocycles. The number of amidine groups is 1. The van der Waals surface area contributed by atoms with Gasteiger partial charge < -0.3 is 11.1 Å². The van der Waals surface area contributed by atoms with Crippen LogP contribution in [0.25, 0.3) is 0 Å². The molecular formula is C22H16Cl3N3O2. The maximum Gasteiger partial charge on any atom is 0.274 e. The number of carbonyl (C=O) groups excluding carboxylic acids is 2. The van der Waals surface area contributed by atoms with Crippen molar-refractivity contribution >= 4 is 52.5 Å². The van der Waals surface area contributed by atoms with E-state index in [2.05, 4.69) is 10.3 Å². The predicted molar refractivity (Wildman–Crippen MR) is 120 cm³/mol. The summed E-state index contributed by atoms with van der Waals surface area (Å²) in [5.74, 6) is -1.14. The molecule has 3 aromatic rings. The summed E-state index contributed by atoms with van der Waals surface area (Å²) in [7, 11) is 0. The van der Waals surface area contributed by atoms with E-state index in [9.17, 15) is 9.59 Å². The number of carbonyl (C=O) groups is 2. The maximum absolute atomic E-state index is 13.0. The number of amides is 2. The molecule has 8 heteroatoms. The molecule has 152 valence electrons. The molecule has 0 aromatic heterocycles. The molecule has 1 unspecified atom stereocenters. The van der Waals surface area contributed by atoms with Gasteiger partial charge in [0.25, 0.3) is 11.8 Å². The summed E-state index contributed by atoms with van der Waals surface area (Å²) in [6.45, 7) is 0. The fourth-order valence-corrected chi connectivity index (χ4v) is 3.18. The lowest BCUT2D eigenvalue weighted by atomic mass is 10.1. The molecule has 3 aromatic carbocycles. The van der Waals surface area contributed by atoms with E-state index >= 15 is 0 Å². The van der Waals surface area contributed by atoms with Gasteiger partial charge in [-0.2, -0.15) is 4.99 Å². The Hall–Kier alpha value is -2.86. The van der Waals surface area contributed by atoms with Gasteiger partial charge in [-0.05, 0) is 35.9 Å². The number of benzene rings is 3. The number of halogens is 3. The first-order valence-electron chi connectivity index (χ1n) is 8.80. The van der Waals surface area contributed by atoms with E-state index in [0.717, 1.165) is 0 Å². The van der Waals surface area contributed by atoms with Crippen molar-refractivity contribution in [2.24, 2.45) is 10.7 Å². The molecule has 0 saturated carbocycles. The Labute approximate surface area is 188 Å². The minimum Gasteiger partial charge on any atom is -0.383 e. The molecule has 0 aliphatic heterocycles. The molecule has 0 radical (unpaired) electrons. The van der Waals surface area contributed by atoms with E-state index < -0.39 is 17.9 Å². The highest BCUT2D eigenvalue weighted by Gasteiger charge is 2.24. The van der Waals surface area contributed by atoms with Crippen LogP contribution >= 0.6 is 34.8 Å².